The maximum atomic E-state index is 12.3. The molecule has 0 saturated heterocycles. The maximum absolute atomic E-state index is 12.3. The number of hydrogen-bond acceptors (Lipinski definition) is 4. The summed E-state index contributed by atoms with van der Waals surface area (Å²) in [6, 6.07) is 10.7. The fraction of sp³-hybridized carbons (Fsp3) is 0.235. The first kappa shape index (κ1) is 14.9. The van der Waals surface area contributed by atoms with E-state index in [1.54, 1.807) is 18.2 Å². The molecule has 2 rings (SSSR count). The zero-order valence-electron chi connectivity index (χ0n) is 12.6. The van der Waals surface area contributed by atoms with Crippen molar-refractivity contribution in [2.45, 2.75) is 13.8 Å². The predicted octanol–water partition coefficient (Wildman–Crippen LogP) is 3.54. The molecule has 0 unspecified atom stereocenters. The van der Waals surface area contributed by atoms with Gasteiger partial charge in [0.1, 0.15) is 17.2 Å². The number of methoxy groups -OCH3 is 2. The van der Waals surface area contributed by atoms with Gasteiger partial charge in [-0.05, 0) is 37.1 Å². The van der Waals surface area contributed by atoms with E-state index in [-0.39, 0.29) is 0 Å². The SMILES string of the molecule is COc1cc(OC)cc(C(=O)Oc2c(C)cccc2C)c1. The van der Waals surface area contributed by atoms with Crippen LogP contribution in [-0.2, 0) is 0 Å². The molecule has 0 fully saturated rings. The molecule has 0 radical (unpaired) electrons. The van der Waals surface area contributed by atoms with Gasteiger partial charge in [-0.15, -0.1) is 0 Å². The molecule has 0 aromatic heterocycles. The van der Waals surface area contributed by atoms with E-state index in [0.29, 0.717) is 22.8 Å². The third-order valence-electron chi connectivity index (χ3n) is 3.19. The minimum Gasteiger partial charge on any atom is -0.497 e. The predicted molar refractivity (Wildman–Crippen MR) is 80.4 cm³/mol. The highest BCUT2D eigenvalue weighted by atomic mass is 16.5. The number of carbonyl (C=O) groups excluding carboxylic acids is 1. The minimum absolute atomic E-state index is 0.383. The number of benzene rings is 2. The highest BCUT2D eigenvalue weighted by Crippen LogP contribution is 2.26. The first-order chi connectivity index (χ1) is 10.0. The van der Waals surface area contributed by atoms with E-state index in [9.17, 15) is 4.79 Å². The van der Waals surface area contributed by atoms with Crippen LogP contribution in [0.25, 0.3) is 0 Å². The number of carbonyl (C=O) groups is 1. The van der Waals surface area contributed by atoms with Crippen LogP contribution in [0, 0.1) is 13.8 Å². The Bertz CT molecular complexity index is 619. The fourth-order valence-electron chi connectivity index (χ4n) is 2.04. The van der Waals surface area contributed by atoms with Crippen LogP contribution in [0.15, 0.2) is 36.4 Å². The monoisotopic (exact) mass is 286 g/mol. The summed E-state index contributed by atoms with van der Waals surface area (Å²) in [5, 5.41) is 0. The van der Waals surface area contributed by atoms with Gasteiger partial charge in [0.2, 0.25) is 0 Å². The van der Waals surface area contributed by atoms with E-state index >= 15 is 0 Å². The third kappa shape index (κ3) is 3.34. The van der Waals surface area contributed by atoms with Gasteiger partial charge in [-0.1, -0.05) is 18.2 Å². The molecule has 0 saturated carbocycles. The minimum atomic E-state index is -0.440. The van der Waals surface area contributed by atoms with Crippen molar-refractivity contribution in [3.63, 3.8) is 0 Å². The van der Waals surface area contributed by atoms with Crippen molar-refractivity contribution < 1.29 is 19.0 Å². The molecule has 2 aromatic rings. The highest BCUT2D eigenvalue weighted by molar-refractivity contribution is 5.92. The Morgan fingerprint density at radius 3 is 1.90 bits per heavy atom. The summed E-state index contributed by atoms with van der Waals surface area (Å²) in [7, 11) is 3.07. The standard InChI is InChI=1S/C17H18O4/c1-11-6-5-7-12(2)16(11)21-17(18)13-8-14(19-3)10-15(9-13)20-4/h5-10H,1-4H3. The van der Waals surface area contributed by atoms with E-state index in [1.165, 1.54) is 14.2 Å². The molecular weight excluding hydrogens is 268 g/mol. The Morgan fingerprint density at radius 1 is 0.905 bits per heavy atom. The van der Waals surface area contributed by atoms with Crippen LogP contribution in [0.4, 0.5) is 0 Å². The van der Waals surface area contributed by atoms with Crippen molar-refractivity contribution in [2.24, 2.45) is 0 Å². The molecule has 0 atom stereocenters. The van der Waals surface area contributed by atoms with Gasteiger partial charge in [0, 0.05) is 6.07 Å². The van der Waals surface area contributed by atoms with E-state index in [2.05, 4.69) is 0 Å². The van der Waals surface area contributed by atoms with Crippen LogP contribution in [0.5, 0.6) is 17.2 Å². The molecule has 0 aliphatic carbocycles. The van der Waals surface area contributed by atoms with E-state index in [4.69, 9.17) is 14.2 Å². The summed E-state index contributed by atoms with van der Waals surface area (Å²) in [5.74, 6) is 1.24. The largest absolute Gasteiger partial charge is 0.497 e. The Labute approximate surface area is 124 Å². The lowest BCUT2D eigenvalue weighted by atomic mass is 10.1. The average Bonchev–Trinajstić information content (AvgIpc) is 2.50. The molecule has 110 valence electrons. The van der Waals surface area contributed by atoms with Gasteiger partial charge >= 0.3 is 5.97 Å². The summed E-state index contributed by atoms with van der Waals surface area (Å²) >= 11 is 0. The van der Waals surface area contributed by atoms with Crippen molar-refractivity contribution in [2.75, 3.05) is 14.2 Å². The van der Waals surface area contributed by atoms with Crippen molar-refractivity contribution in [1.82, 2.24) is 0 Å². The Kier molecular flexibility index (Phi) is 4.48. The lowest BCUT2D eigenvalue weighted by molar-refractivity contribution is 0.0731. The number of ether oxygens (including phenoxy) is 3. The van der Waals surface area contributed by atoms with Crippen molar-refractivity contribution in [3.8, 4) is 17.2 Å². The molecule has 0 N–H and O–H groups in total. The quantitative estimate of drug-likeness (QED) is 0.637. The molecule has 4 heteroatoms. The van der Waals surface area contributed by atoms with Crippen molar-refractivity contribution >= 4 is 5.97 Å². The zero-order chi connectivity index (χ0) is 15.4. The summed E-state index contributed by atoms with van der Waals surface area (Å²) in [4.78, 5) is 12.3. The van der Waals surface area contributed by atoms with Gasteiger partial charge in [0.05, 0.1) is 19.8 Å². The fourth-order valence-corrected chi connectivity index (χ4v) is 2.04. The van der Waals surface area contributed by atoms with Gasteiger partial charge < -0.3 is 14.2 Å². The smallest absolute Gasteiger partial charge is 0.343 e. The summed E-state index contributed by atoms with van der Waals surface area (Å²) in [6.07, 6.45) is 0. The Balaban J connectivity index is 2.32. The van der Waals surface area contributed by atoms with E-state index in [0.717, 1.165) is 11.1 Å². The van der Waals surface area contributed by atoms with Crippen LogP contribution in [0.3, 0.4) is 0 Å². The van der Waals surface area contributed by atoms with E-state index < -0.39 is 5.97 Å². The number of hydrogen-bond donors (Lipinski definition) is 0. The van der Waals surface area contributed by atoms with Gasteiger partial charge in [-0.25, -0.2) is 4.79 Å². The second-order valence-corrected chi connectivity index (χ2v) is 4.71. The van der Waals surface area contributed by atoms with Crippen LogP contribution in [-0.4, -0.2) is 20.2 Å². The molecule has 0 bridgehead atoms. The second kappa shape index (κ2) is 6.31. The lowest BCUT2D eigenvalue weighted by Gasteiger charge is -2.11. The number of esters is 1. The molecule has 4 nitrogen and oxygen atoms in total. The number of para-hydroxylation sites is 1. The summed E-state index contributed by atoms with van der Waals surface area (Å²) in [6.45, 7) is 3.81. The van der Waals surface area contributed by atoms with Crippen LogP contribution in [0.1, 0.15) is 21.5 Å². The average molecular weight is 286 g/mol. The van der Waals surface area contributed by atoms with Crippen LogP contribution >= 0.6 is 0 Å². The zero-order valence-corrected chi connectivity index (χ0v) is 12.6. The van der Waals surface area contributed by atoms with Crippen molar-refractivity contribution in [3.05, 3.63) is 53.1 Å². The summed E-state index contributed by atoms with van der Waals surface area (Å²) in [5.41, 5.74) is 2.21. The molecular formula is C17H18O4. The van der Waals surface area contributed by atoms with Gasteiger partial charge in [-0.2, -0.15) is 0 Å². The van der Waals surface area contributed by atoms with Gasteiger partial charge in [0.15, 0.2) is 0 Å². The lowest BCUT2D eigenvalue weighted by Crippen LogP contribution is -2.10. The summed E-state index contributed by atoms with van der Waals surface area (Å²) < 4.78 is 15.8. The maximum Gasteiger partial charge on any atom is 0.343 e. The first-order valence-electron chi connectivity index (χ1n) is 6.56. The molecule has 0 aliphatic rings. The molecule has 0 amide bonds. The molecule has 21 heavy (non-hydrogen) atoms. The topological polar surface area (TPSA) is 44.8 Å². The molecule has 0 heterocycles. The second-order valence-electron chi connectivity index (χ2n) is 4.71. The third-order valence-corrected chi connectivity index (χ3v) is 3.19. The number of rotatable bonds is 4. The molecule has 0 spiro atoms. The highest BCUT2D eigenvalue weighted by Gasteiger charge is 2.14. The Hall–Kier alpha value is -2.49. The van der Waals surface area contributed by atoms with Gasteiger partial charge in [0.25, 0.3) is 0 Å². The van der Waals surface area contributed by atoms with Crippen LogP contribution < -0.4 is 14.2 Å². The number of aryl methyl sites for hydroxylation is 2. The van der Waals surface area contributed by atoms with Gasteiger partial charge in [-0.3, -0.25) is 0 Å². The first-order valence-corrected chi connectivity index (χ1v) is 6.56. The molecule has 2 aromatic carbocycles. The van der Waals surface area contributed by atoms with E-state index in [1.807, 2.05) is 32.0 Å². The normalized spacial score (nSPS) is 10.1. The van der Waals surface area contributed by atoms with Crippen LogP contribution in [0.2, 0.25) is 0 Å². The Morgan fingerprint density at radius 2 is 1.43 bits per heavy atom. The van der Waals surface area contributed by atoms with Crippen molar-refractivity contribution in [1.29, 1.82) is 0 Å². The molecule has 0 aliphatic heterocycles.